The molecule has 0 N–H and O–H groups in total. The molecule has 2 aromatic heterocycles. The normalized spacial score (nSPS) is 23.1. The van der Waals surface area contributed by atoms with Crippen molar-refractivity contribution < 1.29 is 9.47 Å². The third-order valence-corrected chi connectivity index (χ3v) is 4.62. The summed E-state index contributed by atoms with van der Waals surface area (Å²) in [4.78, 5) is 15.0. The van der Waals surface area contributed by atoms with Gasteiger partial charge in [-0.15, -0.1) is 0 Å². The van der Waals surface area contributed by atoms with Crippen LogP contribution in [0.5, 0.6) is 5.75 Å². The third-order valence-electron chi connectivity index (χ3n) is 4.62. The van der Waals surface area contributed by atoms with Crippen LogP contribution in [0.4, 0.5) is 5.95 Å². The molecule has 4 heterocycles. The minimum Gasteiger partial charge on any atom is -0.486 e. The molecule has 2 aromatic rings. The molecular weight excluding hydrogens is 292 g/mol. The van der Waals surface area contributed by atoms with Crippen molar-refractivity contribution in [1.82, 2.24) is 15.0 Å². The van der Waals surface area contributed by atoms with E-state index in [1.807, 2.05) is 18.2 Å². The van der Waals surface area contributed by atoms with Crippen molar-refractivity contribution in [3.8, 4) is 5.75 Å². The number of anilines is 1. The standard InChI is InChI=1S/C17H20N4O2/c1-3-14(12-18-6-1)23-15-11-17(22-13-15)4-9-21(10-5-17)16-19-7-2-8-20-16/h1-3,6-8,12,15H,4-5,9-11,13H2. The van der Waals surface area contributed by atoms with E-state index in [0.717, 1.165) is 44.0 Å². The summed E-state index contributed by atoms with van der Waals surface area (Å²) in [6, 6.07) is 5.67. The number of ether oxygens (including phenoxy) is 2. The van der Waals surface area contributed by atoms with E-state index < -0.39 is 0 Å². The first-order valence-corrected chi connectivity index (χ1v) is 8.06. The predicted molar refractivity (Wildman–Crippen MR) is 85.4 cm³/mol. The molecule has 2 aliphatic heterocycles. The maximum Gasteiger partial charge on any atom is 0.225 e. The molecule has 0 radical (unpaired) electrons. The van der Waals surface area contributed by atoms with E-state index in [1.165, 1.54) is 0 Å². The van der Waals surface area contributed by atoms with E-state index >= 15 is 0 Å². The molecule has 2 fully saturated rings. The Hall–Kier alpha value is -2.21. The van der Waals surface area contributed by atoms with Crippen LogP contribution in [0.25, 0.3) is 0 Å². The van der Waals surface area contributed by atoms with Crippen molar-refractivity contribution in [2.45, 2.75) is 31.0 Å². The van der Waals surface area contributed by atoms with Crippen molar-refractivity contribution in [1.29, 1.82) is 0 Å². The van der Waals surface area contributed by atoms with Crippen LogP contribution in [0.1, 0.15) is 19.3 Å². The van der Waals surface area contributed by atoms with E-state index in [0.29, 0.717) is 6.61 Å². The Kier molecular flexibility index (Phi) is 3.83. The second-order valence-corrected chi connectivity index (χ2v) is 6.16. The smallest absolute Gasteiger partial charge is 0.225 e. The second kappa shape index (κ2) is 6.12. The van der Waals surface area contributed by atoms with Gasteiger partial charge in [0.25, 0.3) is 0 Å². The lowest BCUT2D eigenvalue weighted by Crippen LogP contribution is -2.45. The van der Waals surface area contributed by atoms with Crippen molar-refractivity contribution in [3.05, 3.63) is 43.0 Å². The van der Waals surface area contributed by atoms with Crippen LogP contribution in [0, 0.1) is 0 Å². The van der Waals surface area contributed by atoms with Gasteiger partial charge in [-0.2, -0.15) is 0 Å². The molecule has 0 aromatic carbocycles. The van der Waals surface area contributed by atoms with Gasteiger partial charge < -0.3 is 14.4 Å². The highest BCUT2D eigenvalue weighted by atomic mass is 16.6. The van der Waals surface area contributed by atoms with Gasteiger partial charge in [-0.3, -0.25) is 4.98 Å². The zero-order chi connectivity index (χ0) is 15.5. The topological polar surface area (TPSA) is 60.4 Å². The van der Waals surface area contributed by atoms with E-state index in [2.05, 4.69) is 19.9 Å². The second-order valence-electron chi connectivity index (χ2n) is 6.16. The van der Waals surface area contributed by atoms with Gasteiger partial charge in [0.1, 0.15) is 11.9 Å². The van der Waals surface area contributed by atoms with Crippen LogP contribution >= 0.6 is 0 Å². The van der Waals surface area contributed by atoms with Crippen LogP contribution < -0.4 is 9.64 Å². The lowest BCUT2D eigenvalue weighted by atomic mass is 9.88. The molecule has 23 heavy (non-hydrogen) atoms. The summed E-state index contributed by atoms with van der Waals surface area (Å²) in [5.41, 5.74) is -0.0574. The SMILES string of the molecule is c1cnc(N2CCC3(CC2)CC(Oc2cccnc2)CO3)nc1. The monoisotopic (exact) mass is 312 g/mol. The minimum atomic E-state index is -0.0574. The molecule has 120 valence electrons. The Morgan fingerprint density at radius 2 is 1.96 bits per heavy atom. The first-order chi connectivity index (χ1) is 11.3. The number of rotatable bonds is 3. The first-order valence-electron chi connectivity index (χ1n) is 8.06. The molecule has 0 saturated carbocycles. The Balaban J connectivity index is 1.35. The molecule has 1 unspecified atom stereocenters. The highest BCUT2D eigenvalue weighted by Crippen LogP contribution is 2.37. The van der Waals surface area contributed by atoms with Gasteiger partial charge >= 0.3 is 0 Å². The van der Waals surface area contributed by atoms with Gasteiger partial charge in [0.05, 0.1) is 18.4 Å². The first kappa shape index (κ1) is 14.4. The molecule has 0 amide bonds. The summed E-state index contributed by atoms with van der Waals surface area (Å²) >= 11 is 0. The molecule has 2 saturated heterocycles. The number of piperidine rings is 1. The zero-order valence-corrected chi connectivity index (χ0v) is 13.0. The highest BCUT2D eigenvalue weighted by Gasteiger charge is 2.44. The fourth-order valence-corrected chi connectivity index (χ4v) is 3.40. The van der Waals surface area contributed by atoms with Gasteiger partial charge in [0.15, 0.2) is 0 Å². The fourth-order valence-electron chi connectivity index (χ4n) is 3.40. The molecular formula is C17H20N4O2. The molecule has 6 nitrogen and oxygen atoms in total. The van der Waals surface area contributed by atoms with Gasteiger partial charge in [0.2, 0.25) is 5.95 Å². The lowest BCUT2D eigenvalue weighted by molar-refractivity contribution is -0.0164. The summed E-state index contributed by atoms with van der Waals surface area (Å²) in [7, 11) is 0. The molecule has 1 spiro atoms. The Bertz CT molecular complexity index is 630. The number of hydrogen-bond donors (Lipinski definition) is 0. The minimum absolute atomic E-state index is 0.0574. The lowest BCUT2D eigenvalue weighted by Gasteiger charge is -2.38. The van der Waals surface area contributed by atoms with Crippen LogP contribution in [0.15, 0.2) is 43.0 Å². The molecule has 6 heteroatoms. The molecule has 0 aliphatic carbocycles. The Labute approximate surface area is 135 Å². The predicted octanol–water partition coefficient (Wildman–Crippen LogP) is 2.08. The van der Waals surface area contributed by atoms with Gasteiger partial charge in [-0.1, -0.05) is 0 Å². The summed E-state index contributed by atoms with van der Waals surface area (Å²) in [5.74, 6) is 1.62. The molecule has 0 bridgehead atoms. The molecule has 2 aliphatic rings. The molecule has 1 atom stereocenters. The summed E-state index contributed by atoms with van der Waals surface area (Å²) in [6.07, 6.45) is 10.1. The van der Waals surface area contributed by atoms with Crippen molar-refractivity contribution >= 4 is 5.95 Å². The maximum absolute atomic E-state index is 6.14. The van der Waals surface area contributed by atoms with E-state index in [1.54, 1.807) is 24.8 Å². The Morgan fingerprint density at radius 3 is 2.70 bits per heavy atom. The average molecular weight is 312 g/mol. The van der Waals surface area contributed by atoms with Crippen LogP contribution in [-0.4, -0.2) is 46.4 Å². The van der Waals surface area contributed by atoms with Gasteiger partial charge in [0, 0.05) is 38.1 Å². The quantitative estimate of drug-likeness (QED) is 0.865. The number of pyridine rings is 1. The maximum atomic E-state index is 6.14. The zero-order valence-electron chi connectivity index (χ0n) is 13.0. The van der Waals surface area contributed by atoms with E-state index in [-0.39, 0.29) is 11.7 Å². The van der Waals surface area contributed by atoms with Crippen molar-refractivity contribution in [3.63, 3.8) is 0 Å². The largest absolute Gasteiger partial charge is 0.486 e. The fraction of sp³-hybridized carbons (Fsp3) is 0.471. The number of hydrogen-bond acceptors (Lipinski definition) is 6. The Morgan fingerprint density at radius 1 is 1.13 bits per heavy atom. The number of aromatic nitrogens is 3. The van der Waals surface area contributed by atoms with Crippen LogP contribution in [0.3, 0.4) is 0 Å². The van der Waals surface area contributed by atoms with E-state index in [4.69, 9.17) is 9.47 Å². The van der Waals surface area contributed by atoms with Gasteiger partial charge in [-0.25, -0.2) is 9.97 Å². The summed E-state index contributed by atoms with van der Waals surface area (Å²) < 4.78 is 12.1. The van der Waals surface area contributed by atoms with Crippen molar-refractivity contribution in [2.75, 3.05) is 24.6 Å². The van der Waals surface area contributed by atoms with Crippen LogP contribution in [0.2, 0.25) is 0 Å². The van der Waals surface area contributed by atoms with E-state index in [9.17, 15) is 0 Å². The summed E-state index contributed by atoms with van der Waals surface area (Å²) in [6.45, 7) is 2.49. The molecule has 4 rings (SSSR count). The summed E-state index contributed by atoms with van der Waals surface area (Å²) in [5, 5.41) is 0. The highest BCUT2D eigenvalue weighted by molar-refractivity contribution is 5.30. The average Bonchev–Trinajstić information content (AvgIpc) is 2.99. The third kappa shape index (κ3) is 3.12. The number of nitrogens with zero attached hydrogens (tertiary/aromatic N) is 4. The van der Waals surface area contributed by atoms with Crippen LogP contribution in [-0.2, 0) is 4.74 Å². The van der Waals surface area contributed by atoms with Crippen molar-refractivity contribution in [2.24, 2.45) is 0 Å². The van der Waals surface area contributed by atoms with Gasteiger partial charge in [-0.05, 0) is 31.0 Å².